The first-order valence-electron chi connectivity index (χ1n) is 10.6. The number of carbonyl (C=O) groups is 1. The number of carbonyl (C=O) groups excluding carboxylic acids is 1. The summed E-state index contributed by atoms with van der Waals surface area (Å²) >= 11 is 1.48. The van der Waals surface area contributed by atoms with Gasteiger partial charge in [0, 0.05) is 24.0 Å². The molecule has 3 aromatic rings. The van der Waals surface area contributed by atoms with Gasteiger partial charge in [0.25, 0.3) is 5.91 Å². The zero-order valence-electron chi connectivity index (χ0n) is 19.4. The first-order valence-corrected chi connectivity index (χ1v) is 13.0. The second kappa shape index (κ2) is 11.3. The molecule has 0 spiro atoms. The summed E-state index contributed by atoms with van der Waals surface area (Å²) in [5, 5.41) is 8.50. The normalized spacial score (nSPS) is 12.1. The highest BCUT2D eigenvalue weighted by atomic mass is 32.2. The van der Waals surface area contributed by atoms with E-state index in [-0.39, 0.29) is 23.5 Å². The maximum absolute atomic E-state index is 12.5. The fourth-order valence-corrected chi connectivity index (χ4v) is 4.96. The minimum Gasteiger partial charge on any atom is -0.495 e. The van der Waals surface area contributed by atoms with Crippen LogP contribution < -0.4 is 24.8 Å². The standard InChI is InChI=1S/C23H28N4O5S2/c1-5-15(2)27-34(29,30)18-9-7-17(8-10-18)32-13-22(28)25-19-12-16(6-11-21(19)31-4)20-14-33-23(24-3)26-20/h6-12,14-15,27H,5,13H2,1-4H3,(H,24,26)(H,25,28)/t15-/m1/s1. The Balaban J connectivity index is 1.64. The van der Waals surface area contributed by atoms with Crippen LogP contribution >= 0.6 is 11.3 Å². The lowest BCUT2D eigenvalue weighted by molar-refractivity contribution is -0.118. The topological polar surface area (TPSA) is 119 Å². The summed E-state index contributed by atoms with van der Waals surface area (Å²) < 4.78 is 38.2. The van der Waals surface area contributed by atoms with Crippen molar-refractivity contribution in [3.05, 3.63) is 47.8 Å². The van der Waals surface area contributed by atoms with Gasteiger partial charge in [-0.25, -0.2) is 18.1 Å². The molecular weight excluding hydrogens is 476 g/mol. The van der Waals surface area contributed by atoms with Gasteiger partial charge >= 0.3 is 0 Å². The molecule has 0 fully saturated rings. The molecule has 0 radical (unpaired) electrons. The van der Waals surface area contributed by atoms with Crippen LogP contribution in [0.25, 0.3) is 11.3 Å². The van der Waals surface area contributed by atoms with Crippen molar-refractivity contribution in [3.63, 3.8) is 0 Å². The SMILES string of the molecule is CC[C@@H](C)NS(=O)(=O)c1ccc(OCC(=O)Nc2cc(-c3csc(NC)n3)ccc2OC)cc1. The number of ether oxygens (including phenoxy) is 2. The summed E-state index contributed by atoms with van der Waals surface area (Å²) in [5.41, 5.74) is 2.10. The van der Waals surface area contributed by atoms with Crippen LogP contribution in [0.15, 0.2) is 52.7 Å². The van der Waals surface area contributed by atoms with Gasteiger partial charge in [0.1, 0.15) is 11.5 Å². The summed E-state index contributed by atoms with van der Waals surface area (Å²) in [6, 6.07) is 11.2. The lowest BCUT2D eigenvalue weighted by Gasteiger charge is -2.13. The zero-order chi connectivity index (χ0) is 24.7. The number of sulfonamides is 1. The van der Waals surface area contributed by atoms with Crippen LogP contribution in [-0.4, -0.2) is 46.1 Å². The third-order valence-corrected chi connectivity index (χ3v) is 7.43. The van der Waals surface area contributed by atoms with E-state index in [0.717, 1.165) is 16.4 Å². The molecule has 1 atom stereocenters. The van der Waals surface area contributed by atoms with Gasteiger partial charge in [-0.15, -0.1) is 11.3 Å². The van der Waals surface area contributed by atoms with Gasteiger partial charge in [-0.05, 0) is 55.8 Å². The minimum absolute atomic E-state index is 0.134. The zero-order valence-corrected chi connectivity index (χ0v) is 21.0. The highest BCUT2D eigenvalue weighted by Crippen LogP contribution is 2.32. The van der Waals surface area contributed by atoms with Gasteiger partial charge in [-0.3, -0.25) is 4.79 Å². The fraction of sp³-hybridized carbons (Fsp3) is 0.304. The summed E-state index contributed by atoms with van der Waals surface area (Å²) in [6.45, 7) is 3.44. The molecule has 1 heterocycles. The number of benzene rings is 2. The van der Waals surface area contributed by atoms with Crippen molar-refractivity contribution >= 4 is 38.1 Å². The summed E-state index contributed by atoms with van der Waals surface area (Å²) in [7, 11) is -0.276. The average Bonchev–Trinajstić information content (AvgIpc) is 3.32. The van der Waals surface area contributed by atoms with Gasteiger partial charge in [0.05, 0.1) is 23.4 Å². The molecule has 0 aliphatic carbocycles. The number of aromatic nitrogens is 1. The van der Waals surface area contributed by atoms with Crippen LogP contribution in [0.4, 0.5) is 10.8 Å². The summed E-state index contributed by atoms with van der Waals surface area (Å²) in [5.74, 6) is 0.490. The highest BCUT2D eigenvalue weighted by molar-refractivity contribution is 7.89. The predicted molar refractivity (Wildman–Crippen MR) is 134 cm³/mol. The largest absolute Gasteiger partial charge is 0.495 e. The van der Waals surface area contributed by atoms with E-state index in [2.05, 4.69) is 20.3 Å². The number of rotatable bonds is 11. The predicted octanol–water partition coefficient (Wildman–Crippen LogP) is 3.95. The number of anilines is 2. The molecule has 1 amide bonds. The van der Waals surface area contributed by atoms with Gasteiger partial charge in [-0.1, -0.05) is 6.92 Å². The van der Waals surface area contributed by atoms with Crippen LogP contribution in [0, 0.1) is 0 Å². The molecule has 34 heavy (non-hydrogen) atoms. The van der Waals surface area contributed by atoms with Crippen molar-refractivity contribution in [1.29, 1.82) is 0 Å². The van der Waals surface area contributed by atoms with Crippen LogP contribution in [0.5, 0.6) is 11.5 Å². The Morgan fingerprint density at radius 3 is 2.53 bits per heavy atom. The molecular formula is C23H28N4O5S2. The third-order valence-electron chi connectivity index (χ3n) is 4.96. The number of hydrogen-bond acceptors (Lipinski definition) is 8. The second-order valence-electron chi connectivity index (χ2n) is 7.44. The second-order valence-corrected chi connectivity index (χ2v) is 10.0. The molecule has 3 rings (SSSR count). The summed E-state index contributed by atoms with van der Waals surface area (Å²) in [6.07, 6.45) is 0.685. The quantitative estimate of drug-likeness (QED) is 0.362. The highest BCUT2D eigenvalue weighted by Gasteiger charge is 2.17. The lowest BCUT2D eigenvalue weighted by Crippen LogP contribution is -2.31. The maximum atomic E-state index is 12.5. The Bertz CT molecular complexity index is 1230. The van der Waals surface area contributed by atoms with Crippen LogP contribution in [0.1, 0.15) is 20.3 Å². The Labute approximate surface area is 203 Å². The van der Waals surface area contributed by atoms with E-state index in [9.17, 15) is 13.2 Å². The fourth-order valence-electron chi connectivity index (χ4n) is 2.95. The Kier molecular flexibility index (Phi) is 8.48. The van der Waals surface area contributed by atoms with E-state index in [1.165, 1.54) is 42.7 Å². The molecule has 0 saturated carbocycles. The average molecular weight is 505 g/mol. The smallest absolute Gasteiger partial charge is 0.262 e. The third kappa shape index (κ3) is 6.46. The molecule has 2 aromatic carbocycles. The van der Waals surface area contributed by atoms with Gasteiger partial charge < -0.3 is 20.1 Å². The van der Waals surface area contributed by atoms with Crippen LogP contribution in [-0.2, 0) is 14.8 Å². The summed E-state index contributed by atoms with van der Waals surface area (Å²) in [4.78, 5) is 17.1. The first kappa shape index (κ1) is 25.5. The molecule has 3 N–H and O–H groups in total. The van der Waals surface area contributed by atoms with E-state index < -0.39 is 10.0 Å². The van der Waals surface area contributed by atoms with Gasteiger partial charge in [-0.2, -0.15) is 0 Å². The monoisotopic (exact) mass is 504 g/mol. The van der Waals surface area contributed by atoms with E-state index in [1.807, 2.05) is 18.4 Å². The van der Waals surface area contributed by atoms with Crippen molar-refractivity contribution < 1.29 is 22.7 Å². The number of methoxy groups -OCH3 is 1. The molecule has 9 nitrogen and oxygen atoms in total. The van der Waals surface area contributed by atoms with Crippen LogP contribution in [0.3, 0.4) is 0 Å². The number of hydrogen-bond donors (Lipinski definition) is 3. The van der Waals surface area contributed by atoms with Crippen molar-refractivity contribution in [3.8, 4) is 22.8 Å². The molecule has 182 valence electrons. The van der Waals surface area contributed by atoms with E-state index >= 15 is 0 Å². The van der Waals surface area contributed by atoms with E-state index in [1.54, 1.807) is 26.1 Å². The number of nitrogens with zero attached hydrogens (tertiary/aromatic N) is 1. The Hall–Kier alpha value is -3.15. The van der Waals surface area contributed by atoms with Crippen molar-refractivity contribution in [2.24, 2.45) is 0 Å². The molecule has 0 bridgehead atoms. The molecule has 0 unspecified atom stereocenters. The maximum Gasteiger partial charge on any atom is 0.262 e. The number of nitrogens with one attached hydrogen (secondary N) is 3. The lowest BCUT2D eigenvalue weighted by atomic mass is 10.1. The number of thiazole rings is 1. The van der Waals surface area contributed by atoms with E-state index in [4.69, 9.17) is 9.47 Å². The molecule has 11 heteroatoms. The van der Waals surface area contributed by atoms with Crippen molar-refractivity contribution in [2.45, 2.75) is 31.2 Å². The van der Waals surface area contributed by atoms with Gasteiger partial charge in [0.15, 0.2) is 11.7 Å². The van der Waals surface area contributed by atoms with Crippen molar-refractivity contribution in [1.82, 2.24) is 9.71 Å². The molecule has 0 aliphatic rings. The van der Waals surface area contributed by atoms with Crippen LogP contribution in [0.2, 0.25) is 0 Å². The van der Waals surface area contributed by atoms with E-state index in [0.29, 0.717) is 23.6 Å². The van der Waals surface area contributed by atoms with Gasteiger partial charge in [0.2, 0.25) is 10.0 Å². The minimum atomic E-state index is -3.60. The molecule has 0 aliphatic heterocycles. The molecule has 1 aromatic heterocycles. The van der Waals surface area contributed by atoms with Crippen molar-refractivity contribution in [2.75, 3.05) is 31.4 Å². The Morgan fingerprint density at radius 1 is 1.18 bits per heavy atom. The Morgan fingerprint density at radius 2 is 1.91 bits per heavy atom. The number of amides is 1. The first-order chi connectivity index (χ1) is 16.2. The molecule has 0 saturated heterocycles.